The van der Waals surface area contributed by atoms with Crippen molar-refractivity contribution in [3.8, 4) is 0 Å². The number of hydrogen-bond acceptors (Lipinski definition) is 1. The zero-order valence-corrected chi connectivity index (χ0v) is 13.1. The molecule has 0 bridgehead atoms. The average Bonchev–Trinajstić information content (AvgIpc) is 2.39. The summed E-state index contributed by atoms with van der Waals surface area (Å²) >= 11 is 11.3. The average molecular weight is 305 g/mol. The second-order valence-corrected chi connectivity index (χ2v) is 5.59. The van der Waals surface area contributed by atoms with Crippen molar-refractivity contribution < 1.29 is 0 Å². The van der Waals surface area contributed by atoms with Gasteiger partial charge in [0.25, 0.3) is 0 Å². The van der Waals surface area contributed by atoms with Gasteiger partial charge in [-0.25, -0.2) is 0 Å². The summed E-state index contributed by atoms with van der Waals surface area (Å²) in [6.07, 6.45) is 0. The monoisotopic (exact) mass is 304 g/mol. The highest BCUT2D eigenvalue weighted by atomic mass is 35.5. The van der Waals surface area contributed by atoms with Crippen LogP contribution in [0.25, 0.3) is 0 Å². The van der Waals surface area contributed by atoms with Gasteiger partial charge in [-0.3, -0.25) is 0 Å². The molecule has 0 radical (unpaired) electrons. The number of anilines is 1. The summed E-state index contributed by atoms with van der Waals surface area (Å²) in [6.45, 7) is 4.16. The maximum atomic E-state index is 5.94. The van der Waals surface area contributed by atoms with E-state index in [1.54, 1.807) is 0 Å². The van der Waals surface area contributed by atoms with Crippen LogP contribution >= 0.6 is 23.8 Å². The maximum absolute atomic E-state index is 5.94. The van der Waals surface area contributed by atoms with Gasteiger partial charge in [-0.2, -0.15) is 0 Å². The minimum atomic E-state index is 0.148. The van der Waals surface area contributed by atoms with Gasteiger partial charge in [-0.15, -0.1) is 0 Å². The minimum absolute atomic E-state index is 0.148. The lowest BCUT2D eigenvalue weighted by Gasteiger charge is -2.17. The smallest absolute Gasteiger partial charge is 0.171 e. The Kier molecular flexibility index (Phi) is 4.99. The zero-order valence-electron chi connectivity index (χ0n) is 11.5. The van der Waals surface area contributed by atoms with Gasteiger partial charge in [-0.1, -0.05) is 47.5 Å². The maximum Gasteiger partial charge on any atom is 0.171 e. The van der Waals surface area contributed by atoms with Crippen LogP contribution < -0.4 is 10.6 Å². The molecule has 0 saturated heterocycles. The molecular formula is C16H17ClN2S. The quantitative estimate of drug-likeness (QED) is 0.804. The number of aryl methyl sites for hydroxylation is 1. The van der Waals surface area contributed by atoms with E-state index in [1.807, 2.05) is 24.3 Å². The normalized spacial score (nSPS) is 11.8. The van der Waals surface area contributed by atoms with E-state index in [9.17, 15) is 0 Å². The topological polar surface area (TPSA) is 24.1 Å². The molecule has 4 heteroatoms. The van der Waals surface area contributed by atoms with Crippen LogP contribution in [-0.4, -0.2) is 5.11 Å². The highest BCUT2D eigenvalue weighted by Crippen LogP contribution is 2.16. The van der Waals surface area contributed by atoms with Crippen LogP contribution in [0.2, 0.25) is 5.02 Å². The summed E-state index contributed by atoms with van der Waals surface area (Å²) in [5, 5.41) is 7.66. The molecule has 2 aromatic carbocycles. The molecule has 0 aliphatic rings. The third-order valence-electron chi connectivity index (χ3n) is 3.01. The van der Waals surface area contributed by atoms with Crippen LogP contribution in [0.3, 0.4) is 0 Å². The Balaban J connectivity index is 1.95. The van der Waals surface area contributed by atoms with Gasteiger partial charge >= 0.3 is 0 Å². The summed E-state index contributed by atoms with van der Waals surface area (Å²) in [7, 11) is 0. The van der Waals surface area contributed by atoms with Crippen molar-refractivity contribution in [1.82, 2.24) is 5.32 Å². The molecular weight excluding hydrogens is 288 g/mol. The molecule has 0 heterocycles. The lowest BCUT2D eigenvalue weighted by molar-refractivity contribution is 0.722. The van der Waals surface area contributed by atoms with Crippen LogP contribution in [0.4, 0.5) is 5.69 Å². The van der Waals surface area contributed by atoms with Gasteiger partial charge in [0.15, 0.2) is 5.11 Å². The first-order chi connectivity index (χ1) is 9.54. The van der Waals surface area contributed by atoms with Crippen LogP contribution in [0.5, 0.6) is 0 Å². The Morgan fingerprint density at radius 2 is 1.85 bits per heavy atom. The lowest BCUT2D eigenvalue weighted by atomic mass is 10.1. The Bertz CT molecular complexity index is 596. The Labute approximate surface area is 130 Å². The summed E-state index contributed by atoms with van der Waals surface area (Å²) in [4.78, 5) is 0. The fourth-order valence-corrected chi connectivity index (χ4v) is 2.35. The highest BCUT2D eigenvalue weighted by molar-refractivity contribution is 7.80. The molecule has 0 fully saturated rings. The van der Waals surface area contributed by atoms with Crippen LogP contribution in [0, 0.1) is 6.92 Å². The van der Waals surface area contributed by atoms with E-state index in [2.05, 4.69) is 48.7 Å². The van der Waals surface area contributed by atoms with Crippen molar-refractivity contribution in [3.63, 3.8) is 0 Å². The first kappa shape index (κ1) is 14.8. The predicted octanol–water partition coefficient (Wildman–Crippen LogP) is 4.70. The second kappa shape index (κ2) is 6.73. The summed E-state index contributed by atoms with van der Waals surface area (Å²) < 4.78 is 0. The molecule has 0 aromatic heterocycles. The zero-order chi connectivity index (χ0) is 14.5. The van der Waals surface area contributed by atoms with Crippen molar-refractivity contribution in [2.24, 2.45) is 0 Å². The molecule has 0 aliphatic carbocycles. The summed E-state index contributed by atoms with van der Waals surface area (Å²) in [5.74, 6) is 0. The molecule has 2 N–H and O–H groups in total. The van der Waals surface area contributed by atoms with Crippen molar-refractivity contribution in [3.05, 3.63) is 64.7 Å². The highest BCUT2D eigenvalue weighted by Gasteiger charge is 2.07. The number of hydrogen-bond donors (Lipinski definition) is 2. The Hall–Kier alpha value is -1.58. The van der Waals surface area contributed by atoms with Crippen LogP contribution in [-0.2, 0) is 0 Å². The molecule has 20 heavy (non-hydrogen) atoms. The lowest BCUT2D eigenvalue weighted by Crippen LogP contribution is -2.30. The first-order valence-corrected chi connectivity index (χ1v) is 7.23. The Morgan fingerprint density at radius 1 is 1.15 bits per heavy atom. The van der Waals surface area contributed by atoms with Crippen LogP contribution in [0.15, 0.2) is 48.5 Å². The second-order valence-electron chi connectivity index (χ2n) is 4.74. The molecule has 1 atom stereocenters. The molecule has 0 aliphatic heterocycles. The van der Waals surface area contributed by atoms with E-state index < -0.39 is 0 Å². The van der Waals surface area contributed by atoms with E-state index in [0.29, 0.717) is 10.1 Å². The standard InChI is InChI=1S/C16H17ClN2S/c1-11-6-8-13(9-7-11)12(2)18-16(20)19-15-5-3-4-14(17)10-15/h3-10,12H,1-2H3,(H2,18,19,20)/t12-/m0/s1. The number of benzene rings is 2. The minimum Gasteiger partial charge on any atom is -0.356 e. The van der Waals surface area contributed by atoms with Gasteiger partial charge in [-0.05, 0) is 49.8 Å². The summed E-state index contributed by atoms with van der Waals surface area (Å²) in [6, 6.07) is 16.0. The van der Waals surface area contributed by atoms with E-state index in [-0.39, 0.29) is 6.04 Å². The largest absolute Gasteiger partial charge is 0.356 e. The molecule has 0 amide bonds. The number of thiocarbonyl (C=S) groups is 1. The van der Waals surface area contributed by atoms with Crippen molar-refractivity contribution >= 4 is 34.6 Å². The van der Waals surface area contributed by atoms with Crippen LogP contribution in [0.1, 0.15) is 24.1 Å². The summed E-state index contributed by atoms with van der Waals surface area (Å²) in [5.41, 5.74) is 3.33. The molecule has 0 saturated carbocycles. The van der Waals surface area contributed by atoms with Crippen molar-refractivity contribution in [1.29, 1.82) is 0 Å². The van der Waals surface area contributed by atoms with E-state index >= 15 is 0 Å². The molecule has 2 rings (SSSR count). The molecule has 2 aromatic rings. The predicted molar refractivity (Wildman–Crippen MR) is 90.4 cm³/mol. The van der Waals surface area contributed by atoms with Gasteiger partial charge in [0.2, 0.25) is 0 Å². The fourth-order valence-electron chi connectivity index (χ4n) is 1.87. The van der Waals surface area contributed by atoms with E-state index in [1.165, 1.54) is 11.1 Å². The molecule has 104 valence electrons. The first-order valence-electron chi connectivity index (χ1n) is 6.44. The number of rotatable bonds is 3. The van der Waals surface area contributed by atoms with E-state index in [0.717, 1.165) is 5.69 Å². The fraction of sp³-hybridized carbons (Fsp3) is 0.188. The SMILES string of the molecule is Cc1ccc([C@H](C)NC(=S)Nc2cccc(Cl)c2)cc1. The van der Waals surface area contributed by atoms with Crippen molar-refractivity contribution in [2.75, 3.05) is 5.32 Å². The van der Waals surface area contributed by atoms with Gasteiger partial charge in [0, 0.05) is 10.7 Å². The van der Waals surface area contributed by atoms with E-state index in [4.69, 9.17) is 23.8 Å². The Morgan fingerprint density at radius 3 is 2.50 bits per heavy atom. The number of halogens is 1. The third kappa shape index (κ3) is 4.22. The van der Waals surface area contributed by atoms with Gasteiger partial charge in [0.1, 0.15) is 0 Å². The van der Waals surface area contributed by atoms with Crippen molar-refractivity contribution in [2.45, 2.75) is 19.9 Å². The van der Waals surface area contributed by atoms with Gasteiger partial charge in [0.05, 0.1) is 6.04 Å². The molecule has 2 nitrogen and oxygen atoms in total. The number of nitrogens with one attached hydrogen (secondary N) is 2. The third-order valence-corrected chi connectivity index (χ3v) is 3.46. The molecule has 0 spiro atoms. The van der Waals surface area contributed by atoms with Gasteiger partial charge < -0.3 is 10.6 Å². The molecule has 0 unspecified atom stereocenters.